The molecule has 0 spiro atoms. The van der Waals surface area contributed by atoms with Gasteiger partial charge >= 0.3 is 0 Å². The SMILES string of the molecule is CNC(=O)c1ccc(Cc2cc(C(=O)N[C@H]3CCOC[C@@H]3O)c3c(c2C)CCO3)cc1F. The summed E-state index contributed by atoms with van der Waals surface area (Å²) in [4.78, 5) is 24.9. The normalized spacial score (nSPS) is 19.8. The van der Waals surface area contributed by atoms with Gasteiger partial charge in [-0.25, -0.2) is 4.39 Å². The molecule has 170 valence electrons. The predicted octanol–water partition coefficient (Wildman–Crippen LogP) is 1.90. The number of nitrogens with one attached hydrogen (secondary N) is 2. The number of aliphatic hydroxyl groups excluding tert-OH is 1. The smallest absolute Gasteiger partial charge is 0.255 e. The Balaban J connectivity index is 1.63. The summed E-state index contributed by atoms with van der Waals surface area (Å²) < 4.78 is 25.4. The summed E-state index contributed by atoms with van der Waals surface area (Å²) in [5.74, 6) is -0.799. The van der Waals surface area contributed by atoms with Gasteiger partial charge in [0.15, 0.2) is 0 Å². The van der Waals surface area contributed by atoms with Crippen LogP contribution in [-0.2, 0) is 17.6 Å². The molecular weight excluding hydrogens is 415 g/mol. The zero-order chi connectivity index (χ0) is 22.8. The molecule has 2 aromatic rings. The van der Waals surface area contributed by atoms with Crippen LogP contribution >= 0.6 is 0 Å². The summed E-state index contributed by atoms with van der Waals surface area (Å²) in [7, 11) is 1.46. The fourth-order valence-electron chi connectivity index (χ4n) is 4.29. The number of amides is 2. The highest BCUT2D eigenvalue weighted by molar-refractivity contribution is 5.98. The lowest BCUT2D eigenvalue weighted by molar-refractivity contribution is -0.0261. The van der Waals surface area contributed by atoms with Crippen LogP contribution < -0.4 is 15.4 Å². The van der Waals surface area contributed by atoms with E-state index in [2.05, 4.69) is 10.6 Å². The van der Waals surface area contributed by atoms with Gasteiger partial charge in [0.1, 0.15) is 11.6 Å². The summed E-state index contributed by atoms with van der Waals surface area (Å²) in [5.41, 5.74) is 3.98. The van der Waals surface area contributed by atoms with Gasteiger partial charge in [0.25, 0.3) is 11.8 Å². The van der Waals surface area contributed by atoms with E-state index in [1.165, 1.54) is 19.2 Å². The van der Waals surface area contributed by atoms with Crippen molar-refractivity contribution in [3.05, 3.63) is 63.5 Å². The van der Waals surface area contributed by atoms with Crippen molar-refractivity contribution in [2.45, 2.75) is 38.3 Å². The van der Waals surface area contributed by atoms with Crippen LogP contribution in [0.25, 0.3) is 0 Å². The van der Waals surface area contributed by atoms with Crippen molar-refractivity contribution in [1.29, 1.82) is 0 Å². The third kappa shape index (κ3) is 4.33. The maximum absolute atomic E-state index is 14.4. The molecule has 7 nitrogen and oxygen atoms in total. The Morgan fingerprint density at radius 3 is 2.72 bits per heavy atom. The molecule has 32 heavy (non-hydrogen) atoms. The monoisotopic (exact) mass is 442 g/mol. The van der Waals surface area contributed by atoms with Crippen molar-refractivity contribution < 1.29 is 28.6 Å². The molecule has 2 amide bonds. The quantitative estimate of drug-likeness (QED) is 0.657. The maximum atomic E-state index is 14.4. The van der Waals surface area contributed by atoms with E-state index >= 15 is 0 Å². The number of carbonyl (C=O) groups is 2. The Morgan fingerprint density at radius 2 is 2.00 bits per heavy atom. The molecule has 0 saturated carbocycles. The highest BCUT2D eigenvalue weighted by atomic mass is 19.1. The first-order valence-corrected chi connectivity index (χ1v) is 10.7. The lowest BCUT2D eigenvalue weighted by Crippen LogP contribution is -2.48. The molecule has 2 aliphatic rings. The fourth-order valence-corrected chi connectivity index (χ4v) is 4.29. The van der Waals surface area contributed by atoms with Crippen molar-refractivity contribution in [2.24, 2.45) is 0 Å². The molecule has 2 aromatic carbocycles. The number of benzene rings is 2. The number of fused-ring (bicyclic) bond motifs is 1. The lowest BCUT2D eigenvalue weighted by atomic mass is 9.91. The van der Waals surface area contributed by atoms with Gasteiger partial charge in [0.05, 0.1) is 36.5 Å². The zero-order valence-corrected chi connectivity index (χ0v) is 18.2. The van der Waals surface area contributed by atoms with Gasteiger partial charge in [-0.15, -0.1) is 0 Å². The van der Waals surface area contributed by atoms with E-state index < -0.39 is 17.8 Å². The minimum absolute atomic E-state index is 0.00888. The second-order valence-electron chi connectivity index (χ2n) is 8.20. The predicted molar refractivity (Wildman–Crippen MR) is 116 cm³/mol. The molecule has 0 bridgehead atoms. The average Bonchev–Trinajstić information content (AvgIpc) is 3.27. The first kappa shape index (κ1) is 22.2. The van der Waals surface area contributed by atoms with Crippen molar-refractivity contribution in [3.8, 4) is 5.75 Å². The van der Waals surface area contributed by atoms with Crippen molar-refractivity contribution in [1.82, 2.24) is 10.6 Å². The number of aliphatic hydroxyl groups is 1. The summed E-state index contributed by atoms with van der Waals surface area (Å²) >= 11 is 0. The lowest BCUT2D eigenvalue weighted by Gasteiger charge is -2.28. The van der Waals surface area contributed by atoms with E-state index in [-0.39, 0.29) is 24.1 Å². The summed E-state index contributed by atoms with van der Waals surface area (Å²) in [6.07, 6.45) is 0.878. The second kappa shape index (κ2) is 9.26. The van der Waals surface area contributed by atoms with E-state index in [9.17, 15) is 19.1 Å². The Labute approximate surface area is 185 Å². The number of hydrogen-bond donors (Lipinski definition) is 3. The minimum Gasteiger partial charge on any atom is -0.492 e. The highest BCUT2D eigenvalue weighted by Crippen LogP contribution is 2.35. The molecule has 0 aliphatic carbocycles. The van der Waals surface area contributed by atoms with Crippen molar-refractivity contribution in [2.75, 3.05) is 26.9 Å². The van der Waals surface area contributed by atoms with Crippen LogP contribution in [0.2, 0.25) is 0 Å². The number of halogens is 1. The second-order valence-corrected chi connectivity index (χ2v) is 8.20. The topological polar surface area (TPSA) is 96.9 Å². The van der Waals surface area contributed by atoms with E-state index in [1.54, 1.807) is 12.1 Å². The minimum atomic E-state index is -0.756. The molecule has 3 N–H and O–H groups in total. The molecule has 1 fully saturated rings. The first-order chi connectivity index (χ1) is 15.4. The Bertz CT molecular complexity index is 1060. The molecule has 2 aliphatic heterocycles. The van der Waals surface area contributed by atoms with Crippen LogP contribution in [0, 0.1) is 12.7 Å². The van der Waals surface area contributed by atoms with Crippen LogP contribution in [0.3, 0.4) is 0 Å². The molecule has 1 saturated heterocycles. The largest absolute Gasteiger partial charge is 0.492 e. The van der Waals surface area contributed by atoms with Gasteiger partial charge in [-0.2, -0.15) is 0 Å². The number of carbonyl (C=O) groups excluding carboxylic acids is 2. The summed E-state index contributed by atoms with van der Waals surface area (Å²) in [6, 6.07) is 5.94. The molecule has 2 atom stereocenters. The number of ether oxygens (including phenoxy) is 2. The van der Waals surface area contributed by atoms with Gasteiger partial charge < -0.3 is 25.2 Å². The molecule has 4 rings (SSSR count). The molecular formula is C24H27FN2O5. The fraction of sp³-hybridized carbons (Fsp3) is 0.417. The van der Waals surface area contributed by atoms with Gasteiger partial charge in [-0.3, -0.25) is 9.59 Å². The number of rotatable bonds is 5. The van der Waals surface area contributed by atoms with Crippen LogP contribution in [-0.4, -0.2) is 55.9 Å². The Hall–Kier alpha value is -2.97. The van der Waals surface area contributed by atoms with Gasteiger partial charge in [-0.05, 0) is 54.7 Å². The number of hydrogen-bond acceptors (Lipinski definition) is 5. The third-order valence-electron chi connectivity index (χ3n) is 6.16. The van der Waals surface area contributed by atoms with E-state index in [0.717, 1.165) is 16.7 Å². The first-order valence-electron chi connectivity index (χ1n) is 10.7. The summed E-state index contributed by atoms with van der Waals surface area (Å²) in [5, 5.41) is 15.5. The van der Waals surface area contributed by atoms with Gasteiger partial charge in [-0.1, -0.05) is 6.07 Å². The standard InChI is InChI=1S/C24H27FN2O5/c1-13-15(9-14-3-4-17(19(25)10-14)23(29)26-2)11-18(22-16(13)5-8-32-22)24(30)27-20-6-7-31-12-21(20)28/h3-4,10-11,20-21,28H,5-9,12H2,1-2H3,(H,26,29)(H,27,30)/t20-,21-/m0/s1. The highest BCUT2D eigenvalue weighted by Gasteiger charge is 2.29. The van der Waals surface area contributed by atoms with Gasteiger partial charge in [0, 0.05) is 25.6 Å². The molecule has 0 unspecified atom stereocenters. The average molecular weight is 442 g/mol. The molecule has 0 radical (unpaired) electrons. The van der Waals surface area contributed by atoms with Crippen LogP contribution in [0.5, 0.6) is 5.75 Å². The Kier molecular flexibility index (Phi) is 6.43. The molecule has 8 heteroatoms. The van der Waals surface area contributed by atoms with Crippen LogP contribution in [0.15, 0.2) is 24.3 Å². The van der Waals surface area contributed by atoms with Crippen LogP contribution in [0.4, 0.5) is 4.39 Å². The van der Waals surface area contributed by atoms with E-state index in [1.807, 2.05) is 6.92 Å². The van der Waals surface area contributed by atoms with Gasteiger partial charge in [0.2, 0.25) is 0 Å². The molecule has 2 heterocycles. The maximum Gasteiger partial charge on any atom is 0.255 e. The van der Waals surface area contributed by atoms with E-state index in [0.29, 0.717) is 49.4 Å². The van der Waals surface area contributed by atoms with E-state index in [4.69, 9.17) is 9.47 Å². The van der Waals surface area contributed by atoms with Crippen molar-refractivity contribution in [3.63, 3.8) is 0 Å². The zero-order valence-electron chi connectivity index (χ0n) is 18.2. The Morgan fingerprint density at radius 1 is 1.19 bits per heavy atom. The third-order valence-corrected chi connectivity index (χ3v) is 6.16. The van der Waals surface area contributed by atoms with Crippen molar-refractivity contribution >= 4 is 11.8 Å². The molecule has 0 aromatic heterocycles. The van der Waals surface area contributed by atoms with Crippen LogP contribution in [0.1, 0.15) is 49.4 Å². The summed E-state index contributed by atoms with van der Waals surface area (Å²) in [6.45, 7) is 3.14.